The minimum absolute atomic E-state index is 0.116. The number of carbonyl (C=O) groups is 1. The van der Waals surface area contributed by atoms with Crippen molar-refractivity contribution in [3.63, 3.8) is 0 Å². The highest BCUT2D eigenvalue weighted by molar-refractivity contribution is 7.90. The number of sulfone groups is 1. The first-order chi connectivity index (χ1) is 13.3. The van der Waals surface area contributed by atoms with Gasteiger partial charge in [-0.15, -0.1) is 0 Å². The van der Waals surface area contributed by atoms with Gasteiger partial charge in [0.2, 0.25) is 0 Å². The zero-order chi connectivity index (χ0) is 20.3. The second-order valence-corrected chi connectivity index (χ2v) is 7.61. The molecule has 0 aliphatic carbocycles. The highest BCUT2D eigenvalue weighted by Gasteiger charge is 2.28. The van der Waals surface area contributed by atoms with Gasteiger partial charge in [-0.05, 0) is 30.3 Å². The minimum Gasteiger partial charge on any atom is -0.465 e. The molecule has 0 atom stereocenters. The number of ether oxygens (including phenoxy) is 1. The van der Waals surface area contributed by atoms with Gasteiger partial charge in [-0.3, -0.25) is 15.1 Å². The summed E-state index contributed by atoms with van der Waals surface area (Å²) in [6.45, 7) is 0. The van der Waals surface area contributed by atoms with Crippen LogP contribution in [0.25, 0.3) is 5.69 Å². The Balaban J connectivity index is 1.94. The Labute approximate surface area is 159 Å². The number of methoxy groups -OCH3 is 1. The third-order valence-corrected chi connectivity index (χ3v) is 5.51. The second-order valence-electron chi connectivity index (χ2n) is 5.65. The third kappa shape index (κ3) is 3.88. The van der Waals surface area contributed by atoms with Gasteiger partial charge in [-0.1, -0.05) is 0 Å². The molecule has 2 aromatic heterocycles. The number of nitro groups is 1. The van der Waals surface area contributed by atoms with Gasteiger partial charge in [0.1, 0.15) is 4.90 Å². The van der Waals surface area contributed by atoms with Gasteiger partial charge in [-0.25, -0.2) is 17.9 Å². The van der Waals surface area contributed by atoms with E-state index in [4.69, 9.17) is 0 Å². The number of esters is 1. The van der Waals surface area contributed by atoms with Crippen molar-refractivity contribution in [2.24, 2.45) is 0 Å². The van der Waals surface area contributed by atoms with Gasteiger partial charge < -0.3 is 4.74 Å². The van der Waals surface area contributed by atoms with E-state index >= 15 is 0 Å². The molecule has 10 nitrogen and oxygen atoms in total. The first-order valence-electron chi connectivity index (χ1n) is 7.86. The summed E-state index contributed by atoms with van der Waals surface area (Å²) in [7, 11) is -2.97. The summed E-state index contributed by atoms with van der Waals surface area (Å²) in [5.41, 5.74) is 0.0850. The number of hydrogen-bond donors (Lipinski definition) is 0. The van der Waals surface area contributed by atoms with E-state index in [1.807, 2.05) is 0 Å². The van der Waals surface area contributed by atoms with Crippen LogP contribution < -0.4 is 0 Å². The van der Waals surface area contributed by atoms with Crippen molar-refractivity contribution >= 4 is 21.5 Å². The second kappa shape index (κ2) is 7.56. The van der Waals surface area contributed by atoms with Crippen molar-refractivity contribution in [3.8, 4) is 5.69 Å². The fraction of sp³-hybridized carbons (Fsp3) is 0.118. The number of nitrogens with zero attached hydrogens (tertiary/aromatic N) is 4. The molecule has 0 unspecified atom stereocenters. The Bertz CT molecular complexity index is 1140. The molecule has 0 amide bonds. The molecule has 11 heteroatoms. The molecule has 0 N–H and O–H groups in total. The molecule has 144 valence electrons. The number of pyridine rings is 1. The summed E-state index contributed by atoms with van der Waals surface area (Å²) < 4.78 is 31.5. The molecule has 2 heterocycles. The average Bonchev–Trinajstić information content (AvgIpc) is 3.15. The Hall–Kier alpha value is -3.60. The summed E-state index contributed by atoms with van der Waals surface area (Å²) in [5, 5.41) is 15.5. The minimum atomic E-state index is -4.09. The van der Waals surface area contributed by atoms with Crippen LogP contribution in [0.1, 0.15) is 16.1 Å². The lowest BCUT2D eigenvalue weighted by Crippen LogP contribution is -2.10. The Kier molecular flexibility index (Phi) is 5.18. The summed E-state index contributed by atoms with van der Waals surface area (Å²) in [5.74, 6) is -1.34. The molecular weight excluding hydrogens is 388 g/mol. The predicted molar refractivity (Wildman–Crippen MR) is 96.7 cm³/mol. The normalized spacial score (nSPS) is 11.2. The van der Waals surface area contributed by atoms with Crippen LogP contribution in [0.4, 0.5) is 5.69 Å². The molecule has 0 saturated carbocycles. The molecule has 28 heavy (non-hydrogen) atoms. The smallest absolute Gasteiger partial charge is 0.338 e. The maximum atomic E-state index is 12.7. The van der Waals surface area contributed by atoms with Crippen LogP contribution in [0.15, 0.2) is 59.9 Å². The van der Waals surface area contributed by atoms with Crippen molar-refractivity contribution in [1.82, 2.24) is 14.8 Å². The van der Waals surface area contributed by atoms with Crippen LogP contribution in [0.2, 0.25) is 0 Å². The van der Waals surface area contributed by atoms with E-state index in [-0.39, 0.29) is 11.3 Å². The SMILES string of the molecule is COC(=O)c1ccc(S(=O)(=O)Cc2ccn(-c3ccncc3)n2)c([N+](=O)[O-])c1. The number of benzene rings is 1. The quantitative estimate of drug-likeness (QED) is 0.347. The molecule has 0 aliphatic rings. The van der Waals surface area contributed by atoms with E-state index in [9.17, 15) is 23.3 Å². The lowest BCUT2D eigenvalue weighted by atomic mass is 10.2. The van der Waals surface area contributed by atoms with E-state index in [0.29, 0.717) is 5.69 Å². The maximum absolute atomic E-state index is 12.7. The monoisotopic (exact) mass is 402 g/mol. The van der Waals surface area contributed by atoms with Gasteiger partial charge >= 0.3 is 5.97 Å². The van der Waals surface area contributed by atoms with Crippen molar-refractivity contribution < 1.29 is 22.9 Å². The van der Waals surface area contributed by atoms with Crippen LogP contribution in [0, 0.1) is 10.1 Å². The molecule has 3 rings (SSSR count). The topological polar surface area (TPSA) is 134 Å². The fourth-order valence-electron chi connectivity index (χ4n) is 2.52. The lowest BCUT2D eigenvalue weighted by molar-refractivity contribution is -0.387. The van der Waals surface area contributed by atoms with E-state index in [2.05, 4.69) is 14.8 Å². The summed E-state index contributed by atoms with van der Waals surface area (Å²) in [6, 6.07) is 7.98. The third-order valence-electron chi connectivity index (χ3n) is 3.82. The van der Waals surface area contributed by atoms with Gasteiger partial charge in [0.15, 0.2) is 9.84 Å². The lowest BCUT2D eigenvalue weighted by Gasteiger charge is -2.06. The van der Waals surface area contributed by atoms with Crippen LogP contribution in [0.3, 0.4) is 0 Å². The van der Waals surface area contributed by atoms with E-state index < -0.39 is 37.1 Å². The van der Waals surface area contributed by atoms with Crippen molar-refractivity contribution in [1.29, 1.82) is 0 Å². The summed E-state index contributed by atoms with van der Waals surface area (Å²) in [6.07, 6.45) is 4.72. The van der Waals surface area contributed by atoms with Crippen molar-refractivity contribution in [3.05, 3.63) is 76.4 Å². The molecule has 1 aromatic carbocycles. The fourth-order valence-corrected chi connectivity index (χ4v) is 3.95. The first-order valence-corrected chi connectivity index (χ1v) is 9.51. The van der Waals surface area contributed by atoms with E-state index in [1.165, 1.54) is 16.8 Å². The molecule has 3 aromatic rings. The Morgan fingerprint density at radius 1 is 1.21 bits per heavy atom. The predicted octanol–water partition coefficient (Wildman–Crippen LogP) is 1.94. The largest absolute Gasteiger partial charge is 0.465 e. The Morgan fingerprint density at radius 3 is 2.57 bits per heavy atom. The van der Waals surface area contributed by atoms with Crippen LogP contribution in [-0.4, -0.2) is 41.2 Å². The molecular formula is C17H14N4O6S. The number of carbonyl (C=O) groups excluding carboxylic acids is 1. The number of rotatable bonds is 6. The van der Waals surface area contributed by atoms with E-state index in [1.54, 1.807) is 30.7 Å². The van der Waals surface area contributed by atoms with Gasteiger partial charge in [-0.2, -0.15) is 5.10 Å². The molecule has 0 aliphatic heterocycles. The highest BCUT2D eigenvalue weighted by Crippen LogP contribution is 2.28. The molecule has 0 radical (unpaired) electrons. The summed E-state index contributed by atoms with van der Waals surface area (Å²) in [4.78, 5) is 25.4. The van der Waals surface area contributed by atoms with Crippen molar-refractivity contribution in [2.75, 3.05) is 7.11 Å². The standard InChI is InChI=1S/C17H14N4O6S/c1-27-17(22)12-2-3-16(15(10-12)21(23)24)28(25,26)11-13-6-9-20(19-13)14-4-7-18-8-5-14/h2-10H,11H2,1H3. The average molecular weight is 402 g/mol. The van der Waals surface area contributed by atoms with Crippen LogP contribution in [0.5, 0.6) is 0 Å². The van der Waals surface area contributed by atoms with Crippen LogP contribution >= 0.6 is 0 Å². The zero-order valence-corrected chi connectivity index (χ0v) is 15.4. The van der Waals surface area contributed by atoms with Gasteiger partial charge in [0, 0.05) is 24.7 Å². The van der Waals surface area contributed by atoms with Crippen molar-refractivity contribution in [2.45, 2.75) is 10.6 Å². The highest BCUT2D eigenvalue weighted by atomic mass is 32.2. The number of hydrogen-bond acceptors (Lipinski definition) is 8. The zero-order valence-electron chi connectivity index (χ0n) is 14.5. The molecule has 0 spiro atoms. The van der Waals surface area contributed by atoms with Crippen LogP contribution in [-0.2, 0) is 20.3 Å². The summed E-state index contributed by atoms with van der Waals surface area (Å²) >= 11 is 0. The molecule has 0 fully saturated rings. The van der Waals surface area contributed by atoms with E-state index in [0.717, 1.165) is 19.2 Å². The first kappa shape index (κ1) is 19.2. The number of aromatic nitrogens is 3. The molecule has 0 bridgehead atoms. The maximum Gasteiger partial charge on any atom is 0.338 e. The number of nitro benzene ring substituents is 1. The van der Waals surface area contributed by atoms with Gasteiger partial charge in [0.05, 0.1) is 34.7 Å². The molecule has 0 saturated heterocycles. The van der Waals surface area contributed by atoms with Gasteiger partial charge in [0.25, 0.3) is 5.69 Å². The Morgan fingerprint density at radius 2 is 1.93 bits per heavy atom.